The van der Waals surface area contributed by atoms with Crippen LogP contribution in [0.5, 0.6) is 0 Å². The fraction of sp³-hybridized carbons (Fsp3) is 0.292. The summed E-state index contributed by atoms with van der Waals surface area (Å²) in [5.74, 6) is 0. The van der Waals surface area contributed by atoms with Gasteiger partial charge in [-0.05, 0) is 0 Å². The van der Waals surface area contributed by atoms with Gasteiger partial charge in [-0.15, -0.1) is 0 Å². The monoisotopic (exact) mass is 486 g/mol. The molecule has 0 bridgehead atoms. The molecular weight excluding hydrogens is 457 g/mol. The molecule has 0 aliphatic heterocycles. The molecule has 0 amide bonds. The number of ether oxygens (including phenoxy) is 2. The Kier molecular flexibility index (Phi) is 7.95. The second kappa shape index (κ2) is 10.7. The van der Waals surface area contributed by atoms with Gasteiger partial charge in [-0.2, -0.15) is 0 Å². The van der Waals surface area contributed by atoms with Crippen LogP contribution in [-0.2, 0) is 14.3 Å². The van der Waals surface area contributed by atoms with Crippen LogP contribution in [0.3, 0.4) is 0 Å². The third-order valence-corrected chi connectivity index (χ3v) is 13.7. The van der Waals surface area contributed by atoms with Gasteiger partial charge in [0.2, 0.25) is 0 Å². The van der Waals surface area contributed by atoms with Gasteiger partial charge in [0, 0.05) is 0 Å². The molecule has 0 unspecified atom stereocenters. The van der Waals surface area contributed by atoms with E-state index in [0.29, 0.717) is 39.8 Å². The van der Waals surface area contributed by atoms with Gasteiger partial charge in [0.05, 0.1) is 0 Å². The maximum atomic E-state index is 13.9. The van der Waals surface area contributed by atoms with E-state index in [-0.39, 0.29) is 10.0 Å². The van der Waals surface area contributed by atoms with Crippen molar-refractivity contribution < 1.29 is 27.5 Å². The molecule has 0 spiro atoms. The van der Waals surface area contributed by atoms with E-state index < -0.39 is 13.3 Å². The summed E-state index contributed by atoms with van der Waals surface area (Å²) in [6.07, 6.45) is 11.4. The normalized spacial score (nSPS) is 12.5. The first-order chi connectivity index (χ1) is 15.1. The van der Waals surface area contributed by atoms with Gasteiger partial charge in [0.1, 0.15) is 0 Å². The Labute approximate surface area is 184 Å². The standard InChI is InChI=1S/C24H28GeO6/c1-4-13-24(18-27-2,19-28-3)14-5-9-20(26)25(21-10-6-15-29-21,22-11-7-16-30-22)23-12-8-17-31-23/h4-12,15-17H,1,13-14,18-19H2,2-3H3/b9-5+. The van der Waals surface area contributed by atoms with Crippen molar-refractivity contribution in [3.63, 3.8) is 0 Å². The van der Waals surface area contributed by atoms with Crippen LogP contribution in [0.1, 0.15) is 12.8 Å². The molecule has 0 aliphatic rings. The van der Waals surface area contributed by atoms with E-state index in [0.717, 1.165) is 0 Å². The van der Waals surface area contributed by atoms with Crippen molar-refractivity contribution >= 4 is 31.7 Å². The van der Waals surface area contributed by atoms with Crippen LogP contribution in [0.2, 0.25) is 0 Å². The fourth-order valence-corrected chi connectivity index (χ4v) is 11.6. The molecule has 3 rings (SSSR count). The Bertz CT molecular complexity index is 864. The number of allylic oxidation sites excluding steroid dienone is 3. The molecule has 7 heteroatoms. The molecule has 0 fully saturated rings. The summed E-state index contributed by atoms with van der Waals surface area (Å²) in [5.41, 5.74) is -0.294. The van der Waals surface area contributed by atoms with E-state index in [2.05, 4.69) is 6.58 Å². The predicted molar refractivity (Wildman–Crippen MR) is 121 cm³/mol. The van der Waals surface area contributed by atoms with Crippen LogP contribution in [-0.4, -0.2) is 45.3 Å². The molecule has 0 N–H and O–H groups in total. The minimum atomic E-state index is -4.02. The average Bonchev–Trinajstić information content (AvgIpc) is 3.54. The first kappa shape index (κ1) is 23.1. The predicted octanol–water partition coefficient (Wildman–Crippen LogP) is 2.85. The van der Waals surface area contributed by atoms with Gasteiger partial charge < -0.3 is 0 Å². The summed E-state index contributed by atoms with van der Waals surface area (Å²) < 4.78 is 30.0. The van der Waals surface area contributed by atoms with Crippen LogP contribution in [0, 0.1) is 5.41 Å². The zero-order valence-electron chi connectivity index (χ0n) is 17.9. The topological polar surface area (TPSA) is 75.0 Å². The molecule has 0 aliphatic carbocycles. The van der Waals surface area contributed by atoms with Gasteiger partial charge in [0.25, 0.3) is 0 Å². The number of furan rings is 3. The van der Waals surface area contributed by atoms with Gasteiger partial charge in [-0.3, -0.25) is 0 Å². The van der Waals surface area contributed by atoms with Crippen LogP contribution in [0.15, 0.2) is 93.2 Å². The number of hydrogen-bond acceptors (Lipinski definition) is 6. The van der Waals surface area contributed by atoms with Crippen molar-refractivity contribution in [2.75, 3.05) is 27.4 Å². The van der Waals surface area contributed by atoms with Gasteiger partial charge >= 0.3 is 185 Å². The Hall–Kier alpha value is -2.55. The SMILES string of the molecule is C=CCC(C/C=C/[C](=O)[Ge]([c]1ccco1)([c]1ccco1)[c]1ccco1)(COC)COC. The fourth-order valence-electron chi connectivity index (χ4n) is 4.02. The van der Waals surface area contributed by atoms with E-state index in [1.807, 2.05) is 30.4 Å². The molecule has 164 valence electrons. The molecule has 3 aromatic heterocycles. The number of rotatable bonds is 13. The Balaban J connectivity index is 2.01. The zero-order chi connectivity index (χ0) is 22.2. The van der Waals surface area contributed by atoms with Crippen LogP contribution >= 0.6 is 0 Å². The molecule has 3 aromatic rings. The molecule has 0 aromatic carbocycles. The third-order valence-electron chi connectivity index (χ3n) is 5.34. The summed E-state index contributed by atoms with van der Waals surface area (Å²) in [6.45, 7) is 4.85. The van der Waals surface area contributed by atoms with E-state index in [1.165, 1.54) is 0 Å². The van der Waals surface area contributed by atoms with Crippen LogP contribution < -0.4 is 13.8 Å². The molecule has 6 nitrogen and oxygen atoms in total. The van der Waals surface area contributed by atoms with Gasteiger partial charge in [-0.1, -0.05) is 0 Å². The number of carbonyl (C=O) groups excluding carboxylic acids is 1. The molecule has 31 heavy (non-hydrogen) atoms. The number of hydrogen-bond donors (Lipinski definition) is 0. The van der Waals surface area contributed by atoms with Crippen molar-refractivity contribution in [3.8, 4) is 0 Å². The Morgan fingerprint density at radius 2 is 1.42 bits per heavy atom. The third kappa shape index (κ3) is 4.71. The Morgan fingerprint density at radius 1 is 0.935 bits per heavy atom. The van der Waals surface area contributed by atoms with Crippen molar-refractivity contribution in [1.82, 2.24) is 0 Å². The van der Waals surface area contributed by atoms with Crippen LogP contribution in [0.4, 0.5) is 0 Å². The van der Waals surface area contributed by atoms with E-state index in [4.69, 9.17) is 22.7 Å². The van der Waals surface area contributed by atoms with Crippen molar-refractivity contribution in [2.24, 2.45) is 5.41 Å². The number of methoxy groups -OCH3 is 2. The van der Waals surface area contributed by atoms with E-state index in [1.54, 1.807) is 57.3 Å². The van der Waals surface area contributed by atoms with Gasteiger partial charge in [0.15, 0.2) is 0 Å². The summed E-state index contributed by atoms with van der Waals surface area (Å²) >= 11 is -4.02. The Morgan fingerprint density at radius 3 is 1.77 bits per heavy atom. The summed E-state index contributed by atoms with van der Waals surface area (Å²) in [4.78, 5) is 13.9. The minimum absolute atomic E-state index is 0.0535. The molecule has 0 saturated carbocycles. The first-order valence-electron chi connectivity index (χ1n) is 10.0. The molecule has 0 radical (unpaired) electrons. The van der Waals surface area contributed by atoms with Crippen molar-refractivity contribution in [1.29, 1.82) is 0 Å². The first-order valence-corrected chi connectivity index (χ1v) is 14.2. The zero-order valence-corrected chi connectivity index (χ0v) is 20.0. The maximum absolute atomic E-state index is 13.9. The molecule has 3 heterocycles. The second-order valence-corrected chi connectivity index (χ2v) is 14.8. The molecule has 0 atom stereocenters. The van der Waals surface area contributed by atoms with Crippen LogP contribution in [0.25, 0.3) is 0 Å². The van der Waals surface area contributed by atoms with Gasteiger partial charge in [-0.25, -0.2) is 0 Å². The summed E-state index contributed by atoms with van der Waals surface area (Å²) in [7, 11) is 3.32. The second-order valence-electron chi connectivity index (χ2n) is 7.51. The summed E-state index contributed by atoms with van der Waals surface area (Å²) in [6, 6.07) is 10.8. The van der Waals surface area contributed by atoms with E-state index in [9.17, 15) is 4.79 Å². The molecular formula is C24H28GeO6. The summed E-state index contributed by atoms with van der Waals surface area (Å²) in [5, 5.41) is 0. The average molecular weight is 485 g/mol. The van der Waals surface area contributed by atoms with E-state index >= 15 is 0 Å². The van der Waals surface area contributed by atoms with Crippen molar-refractivity contribution in [3.05, 3.63) is 80.0 Å². The van der Waals surface area contributed by atoms with Crippen molar-refractivity contribution in [2.45, 2.75) is 12.8 Å². The quantitative estimate of drug-likeness (QED) is 0.211. The number of carbonyl (C=O) groups is 1. The molecule has 0 saturated heterocycles.